The molecule has 0 amide bonds. The normalized spacial score (nSPS) is 11.2. The van der Waals surface area contributed by atoms with Crippen molar-refractivity contribution in [2.24, 2.45) is 5.10 Å². The first-order valence-corrected chi connectivity index (χ1v) is 5.09. The molecular weight excluding hydrogens is 220 g/mol. The van der Waals surface area contributed by atoms with Crippen molar-refractivity contribution in [3.05, 3.63) is 47.5 Å². The molecule has 0 fully saturated rings. The third-order valence-corrected chi connectivity index (χ3v) is 2.17. The lowest BCUT2D eigenvalue weighted by molar-refractivity contribution is 0.255. The van der Waals surface area contributed by atoms with Crippen molar-refractivity contribution >= 4 is 6.21 Å². The molecule has 0 saturated carbocycles. The molecule has 0 aliphatic carbocycles. The van der Waals surface area contributed by atoms with Crippen molar-refractivity contribution in [3.63, 3.8) is 0 Å². The van der Waals surface area contributed by atoms with Gasteiger partial charge in [0.05, 0.1) is 6.21 Å². The molecule has 6 nitrogen and oxygen atoms in total. The third-order valence-electron chi connectivity index (χ3n) is 2.17. The topological polar surface area (TPSA) is 83.5 Å². The van der Waals surface area contributed by atoms with Gasteiger partial charge in [-0.3, -0.25) is 0 Å². The Hall–Kier alpha value is -2.05. The van der Waals surface area contributed by atoms with E-state index in [0.29, 0.717) is 11.6 Å². The van der Waals surface area contributed by atoms with Crippen molar-refractivity contribution in [3.8, 4) is 0 Å². The first-order chi connectivity index (χ1) is 8.35. The van der Waals surface area contributed by atoms with E-state index in [4.69, 9.17) is 10.2 Å². The van der Waals surface area contributed by atoms with E-state index in [-0.39, 0.29) is 13.2 Å². The summed E-state index contributed by atoms with van der Waals surface area (Å²) >= 11 is 0. The van der Waals surface area contributed by atoms with Crippen LogP contribution >= 0.6 is 0 Å². The Morgan fingerprint density at radius 1 is 1.06 bits per heavy atom. The zero-order valence-electron chi connectivity index (χ0n) is 9.06. The van der Waals surface area contributed by atoms with Crippen LogP contribution in [0.25, 0.3) is 0 Å². The van der Waals surface area contributed by atoms with Crippen LogP contribution in [0.5, 0.6) is 0 Å². The minimum atomic E-state index is -0.279. The van der Waals surface area contributed by atoms with E-state index in [1.807, 2.05) is 30.3 Å². The second-order valence-electron chi connectivity index (χ2n) is 3.32. The lowest BCUT2D eigenvalue weighted by atomic mass is 10.2. The molecule has 17 heavy (non-hydrogen) atoms. The van der Waals surface area contributed by atoms with Gasteiger partial charge in [-0.05, 0) is 5.56 Å². The number of rotatable bonds is 4. The Morgan fingerprint density at radius 2 is 1.65 bits per heavy atom. The summed E-state index contributed by atoms with van der Waals surface area (Å²) in [6.07, 6.45) is 1.61. The zero-order valence-corrected chi connectivity index (χ0v) is 9.06. The Bertz CT molecular complexity index is 486. The van der Waals surface area contributed by atoms with Crippen LogP contribution in [0, 0.1) is 0 Å². The van der Waals surface area contributed by atoms with E-state index in [1.165, 1.54) is 4.68 Å². The standard InChI is InChI=1S/C11H12N4O2/c16-7-10-13-14-11(8-17)15(10)12-6-9-4-2-1-3-5-9/h1-6,16-17H,7-8H2. The fourth-order valence-corrected chi connectivity index (χ4v) is 1.34. The van der Waals surface area contributed by atoms with Gasteiger partial charge < -0.3 is 10.2 Å². The molecule has 1 aromatic heterocycles. The van der Waals surface area contributed by atoms with Crippen LogP contribution in [0.15, 0.2) is 35.4 Å². The molecule has 0 spiro atoms. The van der Waals surface area contributed by atoms with Crippen LogP contribution in [0.3, 0.4) is 0 Å². The van der Waals surface area contributed by atoms with E-state index >= 15 is 0 Å². The molecule has 2 aromatic rings. The van der Waals surface area contributed by atoms with Crippen molar-refractivity contribution in [2.45, 2.75) is 13.2 Å². The Labute approximate surface area is 97.9 Å². The quantitative estimate of drug-likeness (QED) is 0.735. The largest absolute Gasteiger partial charge is 0.388 e. The number of nitrogens with zero attached hydrogens (tertiary/aromatic N) is 4. The van der Waals surface area contributed by atoms with Gasteiger partial charge in [-0.1, -0.05) is 30.3 Å². The van der Waals surface area contributed by atoms with E-state index in [9.17, 15) is 0 Å². The van der Waals surface area contributed by atoms with E-state index < -0.39 is 0 Å². The summed E-state index contributed by atoms with van der Waals surface area (Å²) in [6.45, 7) is -0.557. The van der Waals surface area contributed by atoms with Crippen LogP contribution in [0.4, 0.5) is 0 Å². The van der Waals surface area contributed by atoms with E-state index in [2.05, 4.69) is 15.3 Å². The minimum Gasteiger partial charge on any atom is -0.388 e. The average molecular weight is 232 g/mol. The third kappa shape index (κ3) is 2.55. The van der Waals surface area contributed by atoms with Gasteiger partial charge in [-0.25, -0.2) is 0 Å². The molecule has 1 heterocycles. The monoisotopic (exact) mass is 232 g/mol. The number of hydrogen-bond donors (Lipinski definition) is 2. The smallest absolute Gasteiger partial charge is 0.180 e. The van der Waals surface area contributed by atoms with Crippen molar-refractivity contribution < 1.29 is 10.2 Å². The van der Waals surface area contributed by atoms with Crippen molar-refractivity contribution in [1.82, 2.24) is 14.9 Å². The first kappa shape index (κ1) is 11.4. The zero-order chi connectivity index (χ0) is 12.1. The summed E-state index contributed by atoms with van der Waals surface area (Å²) in [5.41, 5.74) is 0.911. The fraction of sp³-hybridized carbons (Fsp3) is 0.182. The molecule has 6 heteroatoms. The Balaban J connectivity index is 2.29. The second kappa shape index (κ2) is 5.33. The van der Waals surface area contributed by atoms with Gasteiger partial charge in [-0.15, -0.1) is 10.2 Å². The van der Waals surface area contributed by atoms with Gasteiger partial charge >= 0.3 is 0 Å². The van der Waals surface area contributed by atoms with E-state index in [1.54, 1.807) is 6.21 Å². The lowest BCUT2D eigenvalue weighted by Crippen LogP contribution is -2.03. The molecule has 0 atom stereocenters. The summed E-state index contributed by atoms with van der Waals surface area (Å²) < 4.78 is 1.33. The summed E-state index contributed by atoms with van der Waals surface area (Å²) in [5, 5.41) is 29.6. The molecule has 0 saturated heterocycles. The number of benzene rings is 1. The van der Waals surface area contributed by atoms with Gasteiger partial charge in [-0.2, -0.15) is 9.78 Å². The number of aromatic nitrogens is 3. The number of aliphatic hydroxyl groups excluding tert-OH is 2. The van der Waals surface area contributed by atoms with E-state index in [0.717, 1.165) is 5.56 Å². The molecule has 0 bridgehead atoms. The average Bonchev–Trinajstić information content (AvgIpc) is 2.79. The fourth-order valence-electron chi connectivity index (χ4n) is 1.34. The highest BCUT2D eigenvalue weighted by atomic mass is 16.3. The molecule has 0 aliphatic rings. The highest BCUT2D eigenvalue weighted by Crippen LogP contribution is 2.03. The molecule has 0 radical (unpaired) electrons. The molecule has 2 N–H and O–H groups in total. The number of hydrogen-bond acceptors (Lipinski definition) is 5. The van der Waals surface area contributed by atoms with Crippen LogP contribution in [-0.4, -0.2) is 31.3 Å². The highest BCUT2D eigenvalue weighted by molar-refractivity contribution is 5.79. The molecule has 88 valence electrons. The van der Waals surface area contributed by atoms with Crippen LogP contribution < -0.4 is 0 Å². The summed E-state index contributed by atoms with van der Waals surface area (Å²) in [7, 11) is 0. The SMILES string of the molecule is OCc1nnc(CO)n1N=Cc1ccccc1. The van der Waals surface area contributed by atoms with Gasteiger partial charge in [0.25, 0.3) is 0 Å². The van der Waals surface area contributed by atoms with Crippen molar-refractivity contribution in [1.29, 1.82) is 0 Å². The van der Waals surface area contributed by atoms with Crippen LogP contribution in [0.1, 0.15) is 17.2 Å². The Morgan fingerprint density at radius 3 is 2.18 bits per heavy atom. The van der Waals surface area contributed by atoms with Crippen molar-refractivity contribution in [2.75, 3.05) is 0 Å². The van der Waals surface area contributed by atoms with Crippen LogP contribution in [-0.2, 0) is 13.2 Å². The van der Waals surface area contributed by atoms with Gasteiger partial charge in [0.1, 0.15) is 13.2 Å². The minimum absolute atomic E-state index is 0.279. The van der Waals surface area contributed by atoms with Gasteiger partial charge in [0.15, 0.2) is 11.6 Å². The predicted octanol–water partition coefficient (Wildman–Crippen LogP) is 0.145. The maximum atomic E-state index is 9.05. The molecule has 0 aliphatic heterocycles. The second-order valence-corrected chi connectivity index (χ2v) is 3.32. The molecule has 0 unspecified atom stereocenters. The summed E-state index contributed by atoms with van der Waals surface area (Å²) in [4.78, 5) is 0. The highest BCUT2D eigenvalue weighted by Gasteiger charge is 2.08. The summed E-state index contributed by atoms with van der Waals surface area (Å²) in [5.74, 6) is 0.586. The van der Waals surface area contributed by atoms with Gasteiger partial charge in [0, 0.05) is 0 Å². The Kier molecular flexibility index (Phi) is 3.59. The van der Waals surface area contributed by atoms with Gasteiger partial charge in [0.2, 0.25) is 0 Å². The number of aliphatic hydroxyl groups is 2. The molecular formula is C11H12N4O2. The van der Waals surface area contributed by atoms with Crippen LogP contribution in [0.2, 0.25) is 0 Å². The maximum absolute atomic E-state index is 9.05. The predicted molar refractivity (Wildman–Crippen MR) is 61.3 cm³/mol. The molecule has 1 aromatic carbocycles. The first-order valence-electron chi connectivity index (χ1n) is 5.09. The summed E-state index contributed by atoms with van der Waals surface area (Å²) in [6, 6.07) is 9.49. The molecule has 2 rings (SSSR count). The maximum Gasteiger partial charge on any atom is 0.180 e. The lowest BCUT2D eigenvalue weighted by Gasteiger charge is -1.99.